The van der Waals surface area contributed by atoms with E-state index >= 15 is 0 Å². The number of ether oxygens (including phenoxy) is 1. The molecular formula is C18H18BrF3N2O2Se. The normalized spacial score (nSPS) is 13.3. The maximum atomic E-state index is 12.9. The molecule has 2 rings (SSSR count). The van der Waals surface area contributed by atoms with Crippen molar-refractivity contribution in [2.24, 2.45) is 0 Å². The Bertz CT molecular complexity index is 773. The Balaban J connectivity index is 2.23. The molecule has 0 fully saturated rings. The Morgan fingerprint density at radius 3 is 2.52 bits per heavy atom. The summed E-state index contributed by atoms with van der Waals surface area (Å²) in [7, 11) is 0. The van der Waals surface area contributed by atoms with Gasteiger partial charge >= 0.3 is 170 Å². The Morgan fingerprint density at radius 1 is 1.26 bits per heavy atom. The van der Waals surface area contributed by atoms with Crippen molar-refractivity contribution in [2.45, 2.75) is 30.4 Å². The van der Waals surface area contributed by atoms with E-state index in [-0.39, 0.29) is 0 Å². The van der Waals surface area contributed by atoms with Gasteiger partial charge in [0, 0.05) is 0 Å². The quantitative estimate of drug-likeness (QED) is 0.454. The number of alkyl halides is 3. The van der Waals surface area contributed by atoms with Crippen molar-refractivity contribution < 1.29 is 22.7 Å². The van der Waals surface area contributed by atoms with Gasteiger partial charge in [-0.1, -0.05) is 0 Å². The van der Waals surface area contributed by atoms with Gasteiger partial charge < -0.3 is 0 Å². The van der Waals surface area contributed by atoms with Crippen LogP contribution in [0.5, 0.6) is 0 Å². The predicted molar refractivity (Wildman–Crippen MR) is 102 cm³/mol. The fourth-order valence-corrected chi connectivity index (χ4v) is 4.86. The van der Waals surface area contributed by atoms with Crippen LogP contribution in [0.3, 0.4) is 0 Å². The van der Waals surface area contributed by atoms with Crippen LogP contribution in [0.15, 0.2) is 53.3 Å². The number of anilines is 1. The Kier molecular flexibility index (Phi) is 7.45. The van der Waals surface area contributed by atoms with E-state index in [1.807, 2.05) is 30.3 Å². The average Bonchev–Trinajstić information content (AvgIpc) is 2.58. The van der Waals surface area contributed by atoms with Crippen LogP contribution in [0.4, 0.5) is 18.9 Å². The number of carbonyl (C=O) groups is 1. The van der Waals surface area contributed by atoms with Gasteiger partial charge in [-0.15, -0.1) is 0 Å². The van der Waals surface area contributed by atoms with E-state index < -0.39 is 44.1 Å². The summed E-state index contributed by atoms with van der Waals surface area (Å²) < 4.78 is 44.5. The molecule has 0 aliphatic heterocycles. The number of carbonyl (C=O) groups excluding carboxylic acids is 1. The standard InChI is InChI=1S/C18H18BrF3N2O2Se/c1-17(2,26-11-18(20,21)22)15(27-13-6-4-3-5-7-13)16(25)24-12-8-9-23-14(19)10-12/h3-10,15H,11H2,1-2H3,(H,23,24,25). The van der Waals surface area contributed by atoms with Crippen LogP contribution < -0.4 is 9.78 Å². The number of hydrogen-bond donors (Lipinski definition) is 1. The van der Waals surface area contributed by atoms with Gasteiger partial charge in [0.15, 0.2) is 0 Å². The van der Waals surface area contributed by atoms with Gasteiger partial charge in [0.1, 0.15) is 0 Å². The van der Waals surface area contributed by atoms with E-state index in [4.69, 9.17) is 4.74 Å². The van der Waals surface area contributed by atoms with Gasteiger partial charge in [0.2, 0.25) is 0 Å². The molecule has 0 bridgehead atoms. The summed E-state index contributed by atoms with van der Waals surface area (Å²) in [5, 5.41) is 2.75. The fraction of sp³-hybridized carbons (Fsp3) is 0.333. The molecule has 0 aliphatic rings. The number of aromatic nitrogens is 1. The summed E-state index contributed by atoms with van der Waals surface area (Å²) in [5.74, 6) is -0.399. The maximum absolute atomic E-state index is 12.9. The monoisotopic (exact) mass is 510 g/mol. The molecule has 1 aromatic heterocycles. The molecule has 2 aromatic rings. The van der Waals surface area contributed by atoms with Crippen LogP contribution in [0.25, 0.3) is 0 Å². The summed E-state index contributed by atoms with van der Waals surface area (Å²) in [6.07, 6.45) is -2.95. The third-order valence-electron chi connectivity index (χ3n) is 3.47. The molecule has 1 heterocycles. The molecule has 0 spiro atoms. The number of halogens is 4. The molecule has 1 N–H and O–H groups in total. The number of pyridine rings is 1. The Labute approximate surface area is 170 Å². The van der Waals surface area contributed by atoms with E-state index in [1.165, 1.54) is 20.0 Å². The summed E-state index contributed by atoms with van der Waals surface area (Å²) >= 11 is 2.78. The molecule has 1 atom stereocenters. The van der Waals surface area contributed by atoms with Gasteiger partial charge in [-0.05, 0) is 0 Å². The SMILES string of the molecule is CC(C)(OCC(F)(F)F)C([Se]c1ccccc1)C(=O)Nc1ccnc(Br)c1. The summed E-state index contributed by atoms with van der Waals surface area (Å²) in [5.41, 5.74) is -0.804. The zero-order valence-corrected chi connectivity index (χ0v) is 17.9. The van der Waals surface area contributed by atoms with E-state index in [2.05, 4.69) is 26.2 Å². The van der Waals surface area contributed by atoms with Crippen molar-refractivity contribution in [1.82, 2.24) is 4.98 Å². The first-order chi connectivity index (χ1) is 12.6. The Hall–Kier alpha value is -1.41. The molecule has 0 aliphatic carbocycles. The van der Waals surface area contributed by atoms with Gasteiger partial charge in [-0.3, -0.25) is 0 Å². The van der Waals surface area contributed by atoms with Crippen molar-refractivity contribution >= 4 is 46.9 Å². The summed E-state index contributed by atoms with van der Waals surface area (Å²) in [6, 6.07) is 12.4. The third-order valence-corrected chi connectivity index (χ3v) is 7.18. The molecule has 0 radical (unpaired) electrons. The van der Waals surface area contributed by atoms with Crippen LogP contribution in [-0.2, 0) is 9.53 Å². The van der Waals surface area contributed by atoms with E-state index in [1.54, 1.807) is 12.1 Å². The summed E-state index contributed by atoms with van der Waals surface area (Å²) in [6.45, 7) is 1.61. The topological polar surface area (TPSA) is 51.2 Å². The molecular weight excluding hydrogens is 492 g/mol. The minimum atomic E-state index is -4.46. The van der Waals surface area contributed by atoms with Crippen molar-refractivity contribution in [3.8, 4) is 0 Å². The third kappa shape index (κ3) is 7.25. The number of amides is 1. The number of rotatable bonds is 7. The van der Waals surface area contributed by atoms with Crippen molar-refractivity contribution in [1.29, 1.82) is 0 Å². The van der Waals surface area contributed by atoms with Gasteiger partial charge in [-0.2, -0.15) is 0 Å². The van der Waals surface area contributed by atoms with Crippen molar-refractivity contribution in [3.63, 3.8) is 0 Å². The van der Waals surface area contributed by atoms with Crippen molar-refractivity contribution in [3.05, 3.63) is 53.3 Å². The van der Waals surface area contributed by atoms with Gasteiger partial charge in [0.25, 0.3) is 0 Å². The van der Waals surface area contributed by atoms with E-state index in [9.17, 15) is 18.0 Å². The zero-order valence-electron chi connectivity index (χ0n) is 14.6. The number of hydrogen-bond acceptors (Lipinski definition) is 3. The van der Waals surface area contributed by atoms with Crippen LogP contribution >= 0.6 is 15.9 Å². The molecule has 4 nitrogen and oxygen atoms in total. The zero-order chi connectivity index (χ0) is 20.1. The number of nitrogens with zero attached hydrogens (tertiary/aromatic N) is 1. The molecule has 27 heavy (non-hydrogen) atoms. The molecule has 0 saturated carbocycles. The predicted octanol–water partition coefficient (Wildman–Crippen LogP) is 3.96. The molecule has 146 valence electrons. The molecule has 1 amide bonds. The second kappa shape index (κ2) is 9.19. The minimum absolute atomic E-state index is 0.399. The van der Waals surface area contributed by atoms with Crippen LogP contribution in [0.2, 0.25) is 4.82 Å². The fourth-order valence-electron chi connectivity index (χ4n) is 2.18. The van der Waals surface area contributed by atoms with Crippen molar-refractivity contribution in [2.75, 3.05) is 11.9 Å². The molecule has 9 heteroatoms. The molecule has 0 saturated heterocycles. The van der Waals surface area contributed by atoms with Crippen LogP contribution in [0.1, 0.15) is 13.8 Å². The Morgan fingerprint density at radius 2 is 1.93 bits per heavy atom. The van der Waals surface area contributed by atoms with E-state index in [0.29, 0.717) is 10.3 Å². The first-order valence-electron chi connectivity index (χ1n) is 7.92. The second-order valence-electron chi connectivity index (χ2n) is 6.17. The van der Waals surface area contributed by atoms with E-state index in [0.717, 1.165) is 4.46 Å². The second-order valence-corrected chi connectivity index (χ2v) is 9.46. The average molecular weight is 510 g/mol. The van der Waals surface area contributed by atoms with Gasteiger partial charge in [0.05, 0.1) is 0 Å². The molecule has 1 unspecified atom stereocenters. The van der Waals surface area contributed by atoms with Gasteiger partial charge in [-0.25, -0.2) is 0 Å². The first-order valence-corrected chi connectivity index (χ1v) is 10.6. The van der Waals surface area contributed by atoms with Crippen LogP contribution in [0, 0.1) is 0 Å². The van der Waals surface area contributed by atoms with Crippen LogP contribution in [-0.4, -0.2) is 44.2 Å². The molecule has 1 aromatic carbocycles. The summed E-state index contributed by atoms with van der Waals surface area (Å²) in [4.78, 5) is 16.1. The number of nitrogens with one attached hydrogen (secondary N) is 1. The first kappa shape index (κ1) is 21.9. The number of benzene rings is 1.